The third-order valence-electron chi connectivity index (χ3n) is 4.89. The summed E-state index contributed by atoms with van der Waals surface area (Å²) in [4.78, 5) is 0. The van der Waals surface area contributed by atoms with Crippen LogP contribution in [0, 0.1) is 0 Å². The van der Waals surface area contributed by atoms with Crippen LogP contribution < -0.4 is 10.1 Å². The summed E-state index contributed by atoms with van der Waals surface area (Å²) in [6.07, 6.45) is 2.38. The van der Waals surface area contributed by atoms with E-state index in [2.05, 4.69) is 68.6 Å². The summed E-state index contributed by atoms with van der Waals surface area (Å²) in [5, 5.41) is 3.47. The quantitative estimate of drug-likeness (QED) is 0.852. The van der Waals surface area contributed by atoms with Crippen LogP contribution in [0.15, 0.2) is 48.5 Å². The third-order valence-corrected chi connectivity index (χ3v) is 4.89. The van der Waals surface area contributed by atoms with Crippen LogP contribution in [0.25, 0.3) is 0 Å². The molecule has 1 heterocycles. The first-order valence-electron chi connectivity index (χ1n) is 9.06. The predicted octanol–water partition coefficient (Wildman–Crippen LogP) is 5.03. The van der Waals surface area contributed by atoms with Crippen LogP contribution in [-0.4, -0.2) is 13.1 Å². The Morgan fingerprint density at radius 1 is 1.00 bits per heavy atom. The summed E-state index contributed by atoms with van der Waals surface area (Å²) in [7, 11) is 0. The van der Waals surface area contributed by atoms with Gasteiger partial charge in [-0.2, -0.15) is 0 Å². The van der Waals surface area contributed by atoms with Crippen molar-refractivity contribution in [2.24, 2.45) is 0 Å². The van der Waals surface area contributed by atoms with E-state index < -0.39 is 0 Å². The first-order chi connectivity index (χ1) is 11.5. The van der Waals surface area contributed by atoms with Crippen LogP contribution in [0.3, 0.4) is 0 Å². The Bertz CT molecular complexity index is 651. The largest absolute Gasteiger partial charge is 0.489 e. The minimum atomic E-state index is 0.166. The molecule has 1 N–H and O–H groups in total. The predicted molar refractivity (Wildman–Crippen MR) is 101 cm³/mol. The highest BCUT2D eigenvalue weighted by atomic mass is 16.5. The van der Waals surface area contributed by atoms with Gasteiger partial charge in [0.1, 0.15) is 12.4 Å². The van der Waals surface area contributed by atoms with Crippen molar-refractivity contribution in [3.8, 4) is 5.75 Å². The molecule has 0 spiro atoms. The lowest BCUT2D eigenvalue weighted by atomic mass is 9.82. The molecule has 0 saturated carbocycles. The van der Waals surface area contributed by atoms with E-state index in [1.807, 2.05) is 6.07 Å². The normalized spacial score (nSPS) is 16.1. The van der Waals surface area contributed by atoms with E-state index in [1.165, 1.54) is 29.5 Å². The average Bonchev–Trinajstić information content (AvgIpc) is 2.61. The zero-order chi connectivity index (χ0) is 17.0. The number of benzene rings is 2. The van der Waals surface area contributed by atoms with E-state index in [4.69, 9.17) is 4.74 Å². The van der Waals surface area contributed by atoms with E-state index in [0.29, 0.717) is 12.5 Å². The van der Waals surface area contributed by atoms with Crippen molar-refractivity contribution in [1.29, 1.82) is 0 Å². The van der Waals surface area contributed by atoms with E-state index in [-0.39, 0.29) is 5.41 Å². The number of rotatable bonds is 4. The molecule has 2 aromatic rings. The molecule has 1 aliphatic heterocycles. The molecule has 0 amide bonds. The zero-order valence-corrected chi connectivity index (χ0v) is 15.1. The van der Waals surface area contributed by atoms with Gasteiger partial charge in [0.2, 0.25) is 0 Å². The molecule has 1 fully saturated rings. The molecule has 2 nitrogen and oxygen atoms in total. The molecular weight excluding hydrogens is 294 g/mol. The lowest BCUT2D eigenvalue weighted by Crippen LogP contribution is -2.27. The summed E-state index contributed by atoms with van der Waals surface area (Å²) >= 11 is 0. The Labute approximate surface area is 146 Å². The Hall–Kier alpha value is -1.80. The lowest BCUT2D eigenvalue weighted by molar-refractivity contribution is 0.297. The summed E-state index contributed by atoms with van der Waals surface area (Å²) in [6.45, 7) is 9.66. The van der Waals surface area contributed by atoms with Gasteiger partial charge in [0.15, 0.2) is 0 Å². The minimum absolute atomic E-state index is 0.166. The summed E-state index contributed by atoms with van der Waals surface area (Å²) in [5.41, 5.74) is 4.16. The molecule has 128 valence electrons. The van der Waals surface area contributed by atoms with Crippen molar-refractivity contribution >= 4 is 0 Å². The Kier molecular flexibility index (Phi) is 5.25. The van der Waals surface area contributed by atoms with E-state index in [0.717, 1.165) is 18.8 Å². The molecule has 24 heavy (non-hydrogen) atoms. The molecule has 0 aromatic heterocycles. The fourth-order valence-corrected chi connectivity index (χ4v) is 3.33. The molecule has 1 saturated heterocycles. The van der Waals surface area contributed by atoms with Crippen molar-refractivity contribution in [3.63, 3.8) is 0 Å². The van der Waals surface area contributed by atoms with Gasteiger partial charge in [-0.05, 0) is 60.0 Å². The number of piperidine rings is 1. The van der Waals surface area contributed by atoms with Crippen LogP contribution in [0.1, 0.15) is 56.2 Å². The SMILES string of the molecule is CC(C)(C)c1ccc(OCc2ccccc2)c(C2CCNCC2)c1. The zero-order valence-electron chi connectivity index (χ0n) is 15.1. The molecule has 2 aromatic carbocycles. The second kappa shape index (κ2) is 7.40. The Morgan fingerprint density at radius 3 is 2.38 bits per heavy atom. The molecule has 0 aliphatic carbocycles. The first-order valence-corrected chi connectivity index (χ1v) is 9.06. The average molecular weight is 323 g/mol. The van der Waals surface area contributed by atoms with Gasteiger partial charge in [0, 0.05) is 0 Å². The first kappa shape index (κ1) is 17.0. The standard InChI is InChI=1S/C22H29NO/c1-22(2,3)19-9-10-21(24-16-17-7-5-4-6-8-17)20(15-19)18-11-13-23-14-12-18/h4-10,15,18,23H,11-14,16H2,1-3H3. The van der Waals surface area contributed by atoms with Gasteiger partial charge in [-0.3, -0.25) is 0 Å². The van der Waals surface area contributed by atoms with E-state index in [9.17, 15) is 0 Å². The fourth-order valence-electron chi connectivity index (χ4n) is 3.33. The number of hydrogen-bond donors (Lipinski definition) is 1. The van der Waals surface area contributed by atoms with Crippen molar-refractivity contribution in [1.82, 2.24) is 5.32 Å². The number of nitrogens with one attached hydrogen (secondary N) is 1. The van der Waals surface area contributed by atoms with Crippen LogP contribution >= 0.6 is 0 Å². The maximum absolute atomic E-state index is 6.22. The highest BCUT2D eigenvalue weighted by Gasteiger charge is 2.22. The van der Waals surface area contributed by atoms with Gasteiger partial charge < -0.3 is 10.1 Å². The van der Waals surface area contributed by atoms with E-state index >= 15 is 0 Å². The summed E-state index contributed by atoms with van der Waals surface area (Å²) < 4.78 is 6.22. The van der Waals surface area contributed by atoms with Crippen LogP contribution in [0.4, 0.5) is 0 Å². The summed E-state index contributed by atoms with van der Waals surface area (Å²) in [5.74, 6) is 1.65. The molecule has 0 radical (unpaired) electrons. The summed E-state index contributed by atoms with van der Waals surface area (Å²) in [6, 6.07) is 17.2. The van der Waals surface area contributed by atoms with Crippen molar-refractivity contribution in [2.75, 3.05) is 13.1 Å². The molecule has 0 unspecified atom stereocenters. The van der Waals surface area contributed by atoms with Crippen LogP contribution in [0.2, 0.25) is 0 Å². The second-order valence-corrected chi connectivity index (χ2v) is 7.80. The monoisotopic (exact) mass is 323 g/mol. The minimum Gasteiger partial charge on any atom is -0.489 e. The highest BCUT2D eigenvalue weighted by molar-refractivity contribution is 5.42. The van der Waals surface area contributed by atoms with Gasteiger partial charge in [0.25, 0.3) is 0 Å². The lowest BCUT2D eigenvalue weighted by Gasteiger charge is -2.28. The van der Waals surface area contributed by atoms with Gasteiger partial charge >= 0.3 is 0 Å². The molecule has 3 rings (SSSR count). The van der Waals surface area contributed by atoms with Gasteiger partial charge in [-0.1, -0.05) is 63.2 Å². The van der Waals surface area contributed by atoms with Crippen LogP contribution in [0.5, 0.6) is 5.75 Å². The molecule has 0 bridgehead atoms. The van der Waals surface area contributed by atoms with E-state index in [1.54, 1.807) is 0 Å². The van der Waals surface area contributed by atoms with Gasteiger partial charge in [-0.25, -0.2) is 0 Å². The maximum atomic E-state index is 6.22. The topological polar surface area (TPSA) is 21.3 Å². The van der Waals surface area contributed by atoms with Crippen molar-refractivity contribution in [2.45, 2.75) is 51.6 Å². The third kappa shape index (κ3) is 4.18. The smallest absolute Gasteiger partial charge is 0.123 e. The van der Waals surface area contributed by atoms with Crippen molar-refractivity contribution < 1.29 is 4.74 Å². The maximum Gasteiger partial charge on any atom is 0.123 e. The molecule has 2 heteroatoms. The Morgan fingerprint density at radius 2 is 1.71 bits per heavy atom. The van der Waals surface area contributed by atoms with Gasteiger partial charge in [-0.15, -0.1) is 0 Å². The van der Waals surface area contributed by atoms with Crippen molar-refractivity contribution in [3.05, 3.63) is 65.2 Å². The number of ether oxygens (including phenoxy) is 1. The molecule has 1 aliphatic rings. The highest BCUT2D eigenvalue weighted by Crippen LogP contribution is 2.36. The van der Waals surface area contributed by atoms with Crippen LogP contribution in [-0.2, 0) is 12.0 Å². The number of hydrogen-bond acceptors (Lipinski definition) is 2. The molecular formula is C22H29NO. The molecule has 0 atom stereocenters. The van der Waals surface area contributed by atoms with Gasteiger partial charge in [0.05, 0.1) is 0 Å². The second-order valence-electron chi connectivity index (χ2n) is 7.80. The fraction of sp³-hybridized carbons (Fsp3) is 0.455. The Balaban J connectivity index is 1.86.